The van der Waals surface area contributed by atoms with Crippen LogP contribution in [-0.4, -0.2) is 27.3 Å². The van der Waals surface area contributed by atoms with Gasteiger partial charge in [-0.25, -0.2) is 4.99 Å². The summed E-state index contributed by atoms with van der Waals surface area (Å²) in [5.74, 6) is -0.0723. The van der Waals surface area contributed by atoms with Crippen LogP contribution in [0.25, 0.3) is 0 Å². The van der Waals surface area contributed by atoms with Gasteiger partial charge in [-0.3, -0.25) is 9.89 Å². The summed E-state index contributed by atoms with van der Waals surface area (Å²) in [5.41, 5.74) is 7.10. The van der Waals surface area contributed by atoms with Crippen molar-refractivity contribution in [3.05, 3.63) is 58.9 Å². The minimum Gasteiger partial charge on any atom is -0.365 e. The van der Waals surface area contributed by atoms with E-state index in [1.54, 1.807) is 36.7 Å². The maximum absolute atomic E-state index is 11.7. The summed E-state index contributed by atoms with van der Waals surface area (Å²) in [5, 5.41) is 10.3. The van der Waals surface area contributed by atoms with E-state index in [9.17, 15) is 4.79 Å². The quantitative estimate of drug-likeness (QED) is 0.540. The summed E-state index contributed by atoms with van der Waals surface area (Å²) in [4.78, 5) is 18.9. The van der Waals surface area contributed by atoms with Gasteiger partial charge >= 0.3 is 0 Å². The maximum atomic E-state index is 11.7. The normalized spacial score (nSPS) is 11.0. The molecule has 2 aromatic heterocycles. The van der Waals surface area contributed by atoms with Crippen LogP contribution < -0.4 is 11.1 Å². The van der Waals surface area contributed by atoms with Gasteiger partial charge in [0.05, 0.1) is 11.9 Å². The molecule has 0 aliphatic rings. The number of rotatable bonds is 5. The van der Waals surface area contributed by atoms with Crippen LogP contribution in [-0.2, 0) is 0 Å². The lowest BCUT2D eigenvalue weighted by Gasteiger charge is -2.04. The van der Waals surface area contributed by atoms with Crippen molar-refractivity contribution in [2.24, 2.45) is 10.7 Å². The highest BCUT2D eigenvalue weighted by Crippen LogP contribution is 2.27. The zero-order valence-electron chi connectivity index (χ0n) is 11.9. The first-order valence-electron chi connectivity index (χ1n) is 6.71. The number of primary amides is 1. The molecule has 8 heteroatoms. The number of nitrogens with two attached hydrogens (primary N) is 1. The van der Waals surface area contributed by atoms with E-state index >= 15 is 0 Å². The number of anilines is 2. The average Bonchev–Trinajstić information content (AvgIpc) is 3.14. The van der Waals surface area contributed by atoms with Crippen LogP contribution in [0.3, 0.4) is 0 Å². The van der Waals surface area contributed by atoms with E-state index in [-0.39, 0.29) is 11.4 Å². The molecule has 0 saturated carbocycles. The van der Waals surface area contributed by atoms with E-state index in [1.807, 2.05) is 12.1 Å². The highest BCUT2D eigenvalue weighted by molar-refractivity contribution is 6.30. The van der Waals surface area contributed by atoms with Crippen LogP contribution in [0, 0.1) is 0 Å². The number of hydrogen-bond donors (Lipinski definition) is 4. The van der Waals surface area contributed by atoms with E-state index in [1.165, 1.54) is 0 Å². The van der Waals surface area contributed by atoms with Crippen LogP contribution in [0.5, 0.6) is 0 Å². The molecule has 23 heavy (non-hydrogen) atoms. The fourth-order valence-electron chi connectivity index (χ4n) is 2.01. The molecular formula is C15H13ClN6O. The largest absolute Gasteiger partial charge is 0.365 e. The van der Waals surface area contributed by atoms with E-state index in [0.29, 0.717) is 16.5 Å². The van der Waals surface area contributed by atoms with Gasteiger partial charge in [-0.1, -0.05) is 17.7 Å². The van der Waals surface area contributed by atoms with Gasteiger partial charge in [0.2, 0.25) is 0 Å². The molecule has 0 atom stereocenters. The van der Waals surface area contributed by atoms with Gasteiger partial charge in [0.15, 0.2) is 11.6 Å². The van der Waals surface area contributed by atoms with Crippen LogP contribution in [0.15, 0.2) is 47.6 Å². The van der Waals surface area contributed by atoms with Crippen LogP contribution >= 0.6 is 11.6 Å². The van der Waals surface area contributed by atoms with Crippen molar-refractivity contribution in [1.82, 2.24) is 15.2 Å². The molecule has 3 rings (SSSR count). The molecule has 0 aliphatic carbocycles. The maximum Gasteiger partial charge on any atom is 0.256 e. The van der Waals surface area contributed by atoms with Crippen molar-refractivity contribution in [3.8, 4) is 0 Å². The number of H-pyrrole nitrogens is 2. The standard InChI is InChI=1S/C15H13ClN6O/c16-9-3-1-4-10(7-9)20-15-12(13(17)23)14(21-22-15)19-8-11-5-2-6-18-11/h1-8,18H,(H2,17,23)(H2,20,21,22)/b19-8+. The predicted molar refractivity (Wildman–Crippen MR) is 89.9 cm³/mol. The number of carbonyl (C=O) groups excluding carboxylic acids is 1. The minimum atomic E-state index is -0.637. The van der Waals surface area contributed by atoms with Crippen molar-refractivity contribution in [3.63, 3.8) is 0 Å². The number of hydrogen-bond acceptors (Lipinski definition) is 4. The molecule has 0 radical (unpaired) electrons. The molecule has 116 valence electrons. The Hall–Kier alpha value is -3.06. The number of aliphatic imine (C=N–C) groups is 1. The lowest BCUT2D eigenvalue weighted by atomic mass is 10.2. The molecule has 1 amide bonds. The van der Waals surface area contributed by atoms with Crippen LogP contribution in [0.2, 0.25) is 5.02 Å². The first kappa shape index (κ1) is 14.9. The van der Waals surface area contributed by atoms with E-state index in [0.717, 1.165) is 5.69 Å². The lowest BCUT2D eigenvalue weighted by Crippen LogP contribution is -2.12. The highest BCUT2D eigenvalue weighted by Gasteiger charge is 2.18. The van der Waals surface area contributed by atoms with Gasteiger partial charge in [0.1, 0.15) is 5.56 Å². The summed E-state index contributed by atoms with van der Waals surface area (Å²) in [7, 11) is 0. The zero-order valence-corrected chi connectivity index (χ0v) is 12.6. The summed E-state index contributed by atoms with van der Waals surface area (Å²) >= 11 is 5.94. The highest BCUT2D eigenvalue weighted by atomic mass is 35.5. The molecule has 0 aliphatic heterocycles. The molecule has 0 bridgehead atoms. The number of aromatic amines is 2. The van der Waals surface area contributed by atoms with E-state index in [4.69, 9.17) is 17.3 Å². The molecule has 1 aromatic carbocycles. The predicted octanol–water partition coefficient (Wildman–Crippen LogP) is 2.98. The Morgan fingerprint density at radius 2 is 2.22 bits per heavy atom. The number of aromatic nitrogens is 3. The van der Waals surface area contributed by atoms with Crippen molar-refractivity contribution >= 4 is 41.0 Å². The van der Waals surface area contributed by atoms with Crippen molar-refractivity contribution in [1.29, 1.82) is 0 Å². The second-order valence-corrected chi connectivity index (χ2v) is 5.12. The molecular weight excluding hydrogens is 316 g/mol. The molecule has 0 unspecified atom stereocenters. The average molecular weight is 329 g/mol. The topological polar surface area (TPSA) is 112 Å². The summed E-state index contributed by atoms with van der Waals surface area (Å²) < 4.78 is 0. The number of carbonyl (C=O) groups is 1. The number of nitrogens with zero attached hydrogens (tertiary/aromatic N) is 2. The summed E-state index contributed by atoms with van der Waals surface area (Å²) in [6.07, 6.45) is 3.35. The first-order chi connectivity index (χ1) is 11.1. The second kappa shape index (κ2) is 6.37. The number of nitrogens with one attached hydrogen (secondary N) is 3. The van der Waals surface area contributed by atoms with Crippen molar-refractivity contribution in [2.45, 2.75) is 0 Å². The smallest absolute Gasteiger partial charge is 0.256 e. The minimum absolute atomic E-state index is 0.174. The van der Waals surface area contributed by atoms with Gasteiger partial charge < -0.3 is 16.0 Å². The molecule has 0 spiro atoms. The van der Waals surface area contributed by atoms with Gasteiger partial charge in [0.25, 0.3) is 5.91 Å². The molecule has 0 fully saturated rings. The van der Waals surface area contributed by atoms with Crippen molar-refractivity contribution in [2.75, 3.05) is 5.32 Å². The van der Waals surface area contributed by atoms with Gasteiger partial charge in [-0.05, 0) is 30.3 Å². The van der Waals surface area contributed by atoms with Crippen LogP contribution in [0.4, 0.5) is 17.3 Å². The molecule has 0 saturated heterocycles. The Morgan fingerprint density at radius 1 is 1.35 bits per heavy atom. The molecule has 5 N–H and O–H groups in total. The Kier molecular flexibility index (Phi) is 4.11. The fourth-order valence-corrected chi connectivity index (χ4v) is 2.20. The first-order valence-corrected chi connectivity index (χ1v) is 7.09. The summed E-state index contributed by atoms with van der Waals surface area (Å²) in [6, 6.07) is 10.7. The van der Waals surface area contributed by atoms with E-state index in [2.05, 4.69) is 25.5 Å². The third-order valence-electron chi connectivity index (χ3n) is 3.04. The van der Waals surface area contributed by atoms with Crippen LogP contribution in [0.1, 0.15) is 16.1 Å². The zero-order chi connectivity index (χ0) is 16.2. The Bertz CT molecular complexity index is 853. The third kappa shape index (κ3) is 3.41. The monoisotopic (exact) mass is 328 g/mol. The van der Waals surface area contributed by atoms with Gasteiger partial charge in [-0.2, -0.15) is 5.10 Å². The third-order valence-corrected chi connectivity index (χ3v) is 3.27. The number of halogens is 1. The Morgan fingerprint density at radius 3 is 2.91 bits per heavy atom. The molecule has 7 nitrogen and oxygen atoms in total. The molecule has 3 aromatic rings. The summed E-state index contributed by atoms with van der Waals surface area (Å²) in [6.45, 7) is 0. The van der Waals surface area contributed by atoms with Gasteiger partial charge in [0, 0.05) is 16.9 Å². The SMILES string of the molecule is NC(=O)c1c(Nc2cccc(Cl)c2)n[nH]c1/N=C/c1ccc[nH]1. The van der Waals surface area contributed by atoms with Gasteiger partial charge in [-0.15, -0.1) is 0 Å². The number of benzene rings is 1. The fraction of sp³-hybridized carbons (Fsp3) is 0. The Balaban J connectivity index is 1.91. The molecule has 2 heterocycles. The van der Waals surface area contributed by atoms with E-state index < -0.39 is 5.91 Å². The second-order valence-electron chi connectivity index (χ2n) is 4.68. The number of amides is 1. The Labute approximate surface area is 136 Å². The lowest BCUT2D eigenvalue weighted by molar-refractivity contribution is 0.100. The van der Waals surface area contributed by atoms with Crippen molar-refractivity contribution < 1.29 is 4.79 Å².